The lowest BCUT2D eigenvalue weighted by Gasteiger charge is -2.34. The number of aryl methyl sites for hydroxylation is 2. The number of hydrogen-bond donors (Lipinski definition) is 1. The first-order chi connectivity index (χ1) is 15.9. The Bertz CT molecular complexity index is 1410. The van der Waals surface area contributed by atoms with Gasteiger partial charge in [0.1, 0.15) is 5.56 Å². The van der Waals surface area contributed by atoms with Gasteiger partial charge in [0, 0.05) is 37.0 Å². The molecule has 1 fully saturated rings. The number of nitrogens with zero attached hydrogens (tertiary/aromatic N) is 4. The van der Waals surface area contributed by atoms with E-state index in [1.54, 1.807) is 7.05 Å². The van der Waals surface area contributed by atoms with Crippen LogP contribution in [-0.4, -0.2) is 33.8 Å². The van der Waals surface area contributed by atoms with Gasteiger partial charge in [-0.2, -0.15) is 0 Å². The van der Waals surface area contributed by atoms with E-state index in [0.717, 1.165) is 34.9 Å². The van der Waals surface area contributed by atoms with Gasteiger partial charge in [0.25, 0.3) is 11.5 Å². The van der Waals surface area contributed by atoms with Crippen LogP contribution in [-0.2, 0) is 7.05 Å². The molecule has 2 aromatic heterocycles. The van der Waals surface area contributed by atoms with Gasteiger partial charge in [-0.1, -0.05) is 35.9 Å². The molecule has 2 N–H and O–H groups in total. The van der Waals surface area contributed by atoms with E-state index in [9.17, 15) is 9.59 Å². The summed E-state index contributed by atoms with van der Waals surface area (Å²) in [6.07, 6.45) is 1.52. The van der Waals surface area contributed by atoms with Crippen LogP contribution in [0.1, 0.15) is 40.6 Å². The molecule has 1 saturated heterocycles. The molecule has 4 aromatic rings. The highest BCUT2D eigenvalue weighted by Crippen LogP contribution is 2.35. The van der Waals surface area contributed by atoms with Crippen LogP contribution in [0.15, 0.2) is 57.7 Å². The largest absolute Gasteiger partial charge is 0.420 e. The minimum atomic E-state index is -0.710. The van der Waals surface area contributed by atoms with Gasteiger partial charge in [-0.3, -0.25) is 9.59 Å². The van der Waals surface area contributed by atoms with Crippen molar-refractivity contribution in [3.8, 4) is 11.5 Å². The molecule has 168 valence electrons. The summed E-state index contributed by atoms with van der Waals surface area (Å²) in [6.45, 7) is 3.31. The molecule has 1 aliphatic rings. The number of carbonyl (C=O) groups excluding carboxylic acids is 1. The van der Waals surface area contributed by atoms with Crippen molar-refractivity contribution in [2.45, 2.75) is 25.7 Å². The first kappa shape index (κ1) is 20.9. The molecule has 0 radical (unpaired) electrons. The van der Waals surface area contributed by atoms with Crippen LogP contribution in [0.25, 0.3) is 22.4 Å². The van der Waals surface area contributed by atoms with E-state index < -0.39 is 5.91 Å². The van der Waals surface area contributed by atoms with E-state index in [0.29, 0.717) is 30.6 Å². The van der Waals surface area contributed by atoms with Crippen LogP contribution in [0.3, 0.4) is 0 Å². The van der Waals surface area contributed by atoms with Crippen molar-refractivity contribution < 1.29 is 9.21 Å². The average Bonchev–Trinajstić information content (AvgIpc) is 3.32. The summed E-state index contributed by atoms with van der Waals surface area (Å²) in [6, 6.07) is 15.6. The molecule has 2 aromatic carbocycles. The van der Waals surface area contributed by atoms with Gasteiger partial charge in [-0.15, -0.1) is 10.2 Å². The SMILES string of the molecule is Cc1cccc(-c2nnc(C3CCN(c4c(C(N)=O)c(=O)n(C)c5ccccc45)CC3)o2)c1. The maximum absolute atomic E-state index is 12.9. The Kier molecular flexibility index (Phi) is 5.20. The van der Waals surface area contributed by atoms with Crippen molar-refractivity contribution >= 4 is 22.5 Å². The molecule has 8 heteroatoms. The molecule has 0 saturated carbocycles. The second-order valence-electron chi connectivity index (χ2n) is 8.55. The predicted molar refractivity (Wildman–Crippen MR) is 126 cm³/mol. The maximum Gasteiger partial charge on any atom is 0.265 e. The topological polar surface area (TPSA) is 107 Å². The zero-order valence-electron chi connectivity index (χ0n) is 18.6. The summed E-state index contributed by atoms with van der Waals surface area (Å²) < 4.78 is 7.49. The van der Waals surface area contributed by atoms with Gasteiger partial charge in [-0.05, 0) is 38.0 Å². The molecule has 0 unspecified atom stereocenters. The van der Waals surface area contributed by atoms with Crippen molar-refractivity contribution in [3.63, 3.8) is 0 Å². The van der Waals surface area contributed by atoms with E-state index in [4.69, 9.17) is 10.2 Å². The Hall–Kier alpha value is -3.94. The number of primary amides is 1. The van der Waals surface area contributed by atoms with E-state index >= 15 is 0 Å². The van der Waals surface area contributed by atoms with Crippen molar-refractivity contribution in [1.29, 1.82) is 0 Å². The predicted octanol–water partition coefficient (Wildman–Crippen LogP) is 3.38. The summed E-state index contributed by atoms with van der Waals surface area (Å²) in [5.74, 6) is 0.542. The second kappa shape index (κ2) is 8.20. The monoisotopic (exact) mass is 443 g/mol. The number of anilines is 1. The van der Waals surface area contributed by atoms with Gasteiger partial charge in [0.15, 0.2) is 0 Å². The number of fused-ring (bicyclic) bond motifs is 1. The molecule has 3 heterocycles. The first-order valence-electron chi connectivity index (χ1n) is 11.0. The smallest absolute Gasteiger partial charge is 0.265 e. The van der Waals surface area contributed by atoms with Crippen LogP contribution < -0.4 is 16.2 Å². The van der Waals surface area contributed by atoms with Crippen molar-refractivity contribution in [1.82, 2.24) is 14.8 Å². The molecule has 0 aliphatic carbocycles. The third kappa shape index (κ3) is 3.67. The van der Waals surface area contributed by atoms with Gasteiger partial charge in [-0.25, -0.2) is 0 Å². The molecule has 0 atom stereocenters. The van der Waals surface area contributed by atoms with E-state index in [1.807, 2.05) is 55.5 Å². The van der Waals surface area contributed by atoms with Crippen molar-refractivity contribution in [3.05, 3.63) is 75.9 Å². The minimum Gasteiger partial charge on any atom is -0.420 e. The van der Waals surface area contributed by atoms with Crippen LogP contribution in [0.2, 0.25) is 0 Å². The number of piperidine rings is 1. The Morgan fingerprint density at radius 1 is 1.09 bits per heavy atom. The molecular formula is C25H25N5O3. The lowest BCUT2D eigenvalue weighted by molar-refractivity contribution is 0.0999. The zero-order chi connectivity index (χ0) is 23.1. The molecule has 0 bridgehead atoms. The molecule has 33 heavy (non-hydrogen) atoms. The Balaban J connectivity index is 1.44. The number of pyridine rings is 1. The fourth-order valence-corrected chi connectivity index (χ4v) is 4.67. The second-order valence-corrected chi connectivity index (χ2v) is 8.55. The summed E-state index contributed by atoms with van der Waals surface area (Å²) in [5, 5.41) is 9.39. The first-order valence-corrected chi connectivity index (χ1v) is 11.0. The number of rotatable bonds is 4. The standard InChI is InChI=1S/C25H25N5O3/c1-15-6-5-7-17(14-15)24-28-27-23(33-24)16-10-12-30(13-11-16)21-18-8-3-4-9-19(18)29(2)25(32)20(21)22(26)31/h3-9,14,16H,10-13H2,1-2H3,(H2,26,31). The average molecular weight is 444 g/mol. The number of nitrogens with two attached hydrogens (primary N) is 1. The highest BCUT2D eigenvalue weighted by molar-refractivity contribution is 6.06. The molecular weight excluding hydrogens is 418 g/mol. The summed E-state index contributed by atoms with van der Waals surface area (Å²) >= 11 is 0. The van der Waals surface area contributed by atoms with Crippen LogP contribution in [0.5, 0.6) is 0 Å². The molecule has 1 amide bonds. The summed E-state index contributed by atoms with van der Waals surface area (Å²) in [7, 11) is 1.66. The summed E-state index contributed by atoms with van der Waals surface area (Å²) in [4.78, 5) is 27.3. The quantitative estimate of drug-likeness (QED) is 0.518. The van der Waals surface area contributed by atoms with Crippen molar-refractivity contribution in [2.75, 3.05) is 18.0 Å². The van der Waals surface area contributed by atoms with E-state index in [2.05, 4.69) is 15.1 Å². The maximum atomic E-state index is 12.9. The molecule has 1 aliphatic heterocycles. The number of aromatic nitrogens is 3. The Morgan fingerprint density at radius 3 is 2.58 bits per heavy atom. The van der Waals surface area contributed by atoms with Crippen LogP contribution in [0.4, 0.5) is 5.69 Å². The highest BCUT2D eigenvalue weighted by atomic mass is 16.4. The molecule has 5 rings (SSSR count). The Labute approximate surface area is 190 Å². The third-order valence-electron chi connectivity index (χ3n) is 6.39. The van der Waals surface area contributed by atoms with Crippen molar-refractivity contribution in [2.24, 2.45) is 12.8 Å². The summed E-state index contributed by atoms with van der Waals surface area (Å²) in [5.41, 5.74) is 8.74. The minimum absolute atomic E-state index is 0.0363. The number of hydrogen-bond acceptors (Lipinski definition) is 6. The fraction of sp³-hybridized carbons (Fsp3) is 0.280. The number of para-hydroxylation sites is 1. The number of amides is 1. The number of benzene rings is 2. The molecule has 0 spiro atoms. The lowest BCUT2D eigenvalue weighted by Crippen LogP contribution is -2.38. The fourth-order valence-electron chi connectivity index (χ4n) is 4.67. The van der Waals surface area contributed by atoms with Gasteiger partial charge in [0.05, 0.1) is 11.2 Å². The van der Waals surface area contributed by atoms with Gasteiger partial charge < -0.3 is 19.6 Å². The zero-order valence-corrected chi connectivity index (χ0v) is 18.6. The molecule has 8 nitrogen and oxygen atoms in total. The van der Waals surface area contributed by atoms with E-state index in [-0.39, 0.29) is 17.0 Å². The number of carbonyl (C=O) groups is 1. The van der Waals surface area contributed by atoms with Gasteiger partial charge >= 0.3 is 0 Å². The van der Waals surface area contributed by atoms with Crippen LogP contribution >= 0.6 is 0 Å². The van der Waals surface area contributed by atoms with E-state index in [1.165, 1.54) is 4.57 Å². The highest BCUT2D eigenvalue weighted by Gasteiger charge is 2.30. The Morgan fingerprint density at radius 2 is 1.85 bits per heavy atom. The lowest BCUT2D eigenvalue weighted by atomic mass is 9.95. The third-order valence-corrected chi connectivity index (χ3v) is 6.39. The normalized spacial score (nSPS) is 14.7. The van der Waals surface area contributed by atoms with Crippen LogP contribution in [0, 0.1) is 6.92 Å². The van der Waals surface area contributed by atoms with Gasteiger partial charge in [0.2, 0.25) is 11.8 Å².